The average Bonchev–Trinajstić information content (AvgIpc) is 3.86. The molecule has 250 valence electrons. The van der Waals surface area contributed by atoms with E-state index in [1.807, 2.05) is 12.1 Å². The van der Waals surface area contributed by atoms with Gasteiger partial charge in [0, 0.05) is 44.0 Å². The van der Waals surface area contributed by atoms with Crippen LogP contribution in [0, 0.1) is 0 Å². The molecule has 10 aromatic rings. The van der Waals surface area contributed by atoms with Crippen molar-refractivity contribution in [2.75, 3.05) is 4.90 Å². The average molecular weight is 680 g/mol. The molecule has 0 fully saturated rings. The molecule has 0 amide bonds. The van der Waals surface area contributed by atoms with Gasteiger partial charge in [0.2, 0.25) is 0 Å². The predicted octanol–water partition coefficient (Wildman–Crippen LogP) is 14.0. The van der Waals surface area contributed by atoms with E-state index in [9.17, 15) is 0 Å². The minimum absolute atomic E-state index is 0.265. The molecule has 0 N–H and O–H groups in total. The van der Waals surface area contributed by atoms with E-state index < -0.39 is 0 Å². The molecule has 3 heteroatoms. The first-order valence-electron chi connectivity index (χ1n) is 18.2. The van der Waals surface area contributed by atoms with Crippen LogP contribution in [0.4, 0.5) is 17.1 Å². The largest absolute Gasteiger partial charge is 0.456 e. The van der Waals surface area contributed by atoms with Crippen molar-refractivity contribution in [1.82, 2.24) is 0 Å². The maximum Gasteiger partial charge on any atom is 0.136 e. The summed E-state index contributed by atoms with van der Waals surface area (Å²) in [6, 6.07) is 65.0. The Balaban J connectivity index is 0.964. The van der Waals surface area contributed by atoms with Gasteiger partial charge in [-0.1, -0.05) is 115 Å². The summed E-state index contributed by atoms with van der Waals surface area (Å²) in [6.07, 6.45) is 0. The second-order valence-electron chi connectivity index (χ2n) is 14.2. The summed E-state index contributed by atoms with van der Waals surface area (Å²) in [6.45, 7) is 2.35. The molecule has 11 rings (SSSR count). The maximum absolute atomic E-state index is 6.66. The third kappa shape index (κ3) is 4.47. The molecular weight excluding hydrogens is 647 g/mol. The molecular formula is C50H33NO2. The molecule has 2 heterocycles. The third-order valence-electron chi connectivity index (χ3n) is 11.4. The van der Waals surface area contributed by atoms with Crippen molar-refractivity contribution in [3.8, 4) is 22.3 Å². The highest BCUT2D eigenvalue weighted by molar-refractivity contribution is 6.07. The highest BCUT2D eigenvalue weighted by Gasteiger charge is 2.40. The number of nitrogens with zero attached hydrogens (tertiary/aromatic N) is 1. The summed E-state index contributed by atoms with van der Waals surface area (Å²) in [5.74, 6) is 0. The highest BCUT2D eigenvalue weighted by atomic mass is 16.3. The summed E-state index contributed by atoms with van der Waals surface area (Å²) < 4.78 is 12.8. The molecule has 0 bridgehead atoms. The van der Waals surface area contributed by atoms with E-state index in [1.54, 1.807) is 0 Å². The van der Waals surface area contributed by atoms with Gasteiger partial charge in [-0.2, -0.15) is 0 Å². The quantitative estimate of drug-likeness (QED) is 0.181. The van der Waals surface area contributed by atoms with Crippen molar-refractivity contribution in [2.45, 2.75) is 12.3 Å². The van der Waals surface area contributed by atoms with Gasteiger partial charge in [0.1, 0.15) is 22.3 Å². The van der Waals surface area contributed by atoms with Crippen molar-refractivity contribution in [1.29, 1.82) is 0 Å². The number of furan rings is 2. The lowest BCUT2D eigenvalue weighted by Crippen LogP contribution is -2.22. The van der Waals surface area contributed by atoms with E-state index in [1.165, 1.54) is 27.8 Å². The van der Waals surface area contributed by atoms with Crippen LogP contribution in [-0.2, 0) is 5.41 Å². The van der Waals surface area contributed by atoms with Gasteiger partial charge in [0.25, 0.3) is 0 Å². The number of anilines is 3. The van der Waals surface area contributed by atoms with Crippen molar-refractivity contribution >= 4 is 60.9 Å². The van der Waals surface area contributed by atoms with Gasteiger partial charge in [-0.15, -0.1) is 0 Å². The fourth-order valence-electron chi connectivity index (χ4n) is 8.71. The lowest BCUT2D eigenvalue weighted by Gasteiger charge is -2.28. The first kappa shape index (κ1) is 29.8. The number of hydrogen-bond acceptors (Lipinski definition) is 3. The second-order valence-corrected chi connectivity index (χ2v) is 14.2. The summed E-state index contributed by atoms with van der Waals surface area (Å²) in [5, 5.41) is 4.48. The molecule has 0 spiro atoms. The number of para-hydroxylation sites is 2. The Morgan fingerprint density at radius 2 is 0.925 bits per heavy atom. The Bertz CT molecular complexity index is 2980. The Kier molecular flexibility index (Phi) is 6.38. The Morgan fingerprint density at radius 1 is 0.377 bits per heavy atom. The maximum atomic E-state index is 6.66. The normalized spacial score (nSPS) is 13.2. The lowest BCUT2D eigenvalue weighted by molar-refractivity contribution is 0.662. The van der Waals surface area contributed by atoms with E-state index >= 15 is 0 Å². The van der Waals surface area contributed by atoms with Gasteiger partial charge in [-0.25, -0.2) is 0 Å². The Hall–Kier alpha value is -6.84. The second kappa shape index (κ2) is 11.3. The smallest absolute Gasteiger partial charge is 0.136 e. The zero-order valence-electron chi connectivity index (χ0n) is 29.1. The first-order valence-corrected chi connectivity index (χ1v) is 18.2. The third-order valence-corrected chi connectivity index (χ3v) is 11.4. The minimum Gasteiger partial charge on any atom is -0.456 e. The summed E-state index contributed by atoms with van der Waals surface area (Å²) in [7, 11) is 0. The standard InChI is InChI=1S/C50H33NO2/c1-50(44-16-8-5-13-38(44)39-14-6-9-17-45(39)50)34-22-27-42-41-26-21-33(29-48(41)53-49(42)30-34)32-19-23-36(24-20-32)51(35-11-3-2-4-12-35)37-25-28-47-43(31-37)40-15-7-10-18-46(40)52-47/h2-31H,1H3. The van der Waals surface area contributed by atoms with Crippen molar-refractivity contribution in [3.05, 3.63) is 199 Å². The monoisotopic (exact) mass is 679 g/mol. The predicted molar refractivity (Wildman–Crippen MR) is 219 cm³/mol. The lowest BCUT2D eigenvalue weighted by atomic mass is 9.74. The van der Waals surface area contributed by atoms with Crippen LogP contribution < -0.4 is 4.90 Å². The van der Waals surface area contributed by atoms with Crippen LogP contribution >= 0.6 is 0 Å². The van der Waals surface area contributed by atoms with E-state index in [0.29, 0.717) is 0 Å². The molecule has 1 aliphatic carbocycles. The van der Waals surface area contributed by atoms with Crippen molar-refractivity contribution in [3.63, 3.8) is 0 Å². The molecule has 0 saturated heterocycles. The molecule has 8 aromatic carbocycles. The first-order chi connectivity index (χ1) is 26.1. The van der Waals surface area contributed by atoms with Crippen LogP contribution in [0.15, 0.2) is 191 Å². The minimum atomic E-state index is -0.265. The summed E-state index contributed by atoms with van der Waals surface area (Å²) >= 11 is 0. The molecule has 1 aliphatic rings. The van der Waals surface area contributed by atoms with E-state index in [2.05, 4.69) is 182 Å². The van der Waals surface area contributed by atoms with Crippen molar-refractivity contribution < 1.29 is 8.83 Å². The van der Waals surface area contributed by atoms with Crippen LogP contribution in [0.2, 0.25) is 0 Å². The van der Waals surface area contributed by atoms with Gasteiger partial charge >= 0.3 is 0 Å². The summed E-state index contributed by atoms with van der Waals surface area (Å²) in [4.78, 5) is 2.30. The van der Waals surface area contributed by atoms with Crippen LogP contribution in [-0.4, -0.2) is 0 Å². The van der Waals surface area contributed by atoms with E-state index in [0.717, 1.165) is 72.1 Å². The Morgan fingerprint density at radius 3 is 1.70 bits per heavy atom. The van der Waals surface area contributed by atoms with Crippen molar-refractivity contribution in [2.24, 2.45) is 0 Å². The zero-order chi connectivity index (χ0) is 35.1. The SMILES string of the molecule is CC1(c2ccc3c(c2)oc2cc(-c4ccc(N(c5ccccc5)c5ccc6oc7ccccc7c6c5)cc4)ccc23)c2ccccc2-c2ccccc21. The van der Waals surface area contributed by atoms with Gasteiger partial charge in [-0.05, 0) is 113 Å². The summed E-state index contributed by atoms with van der Waals surface area (Å²) in [5.41, 5.74) is 15.3. The zero-order valence-corrected chi connectivity index (χ0v) is 29.1. The van der Waals surface area contributed by atoms with Gasteiger partial charge in [0.05, 0.1) is 0 Å². The topological polar surface area (TPSA) is 29.5 Å². The molecule has 0 atom stereocenters. The van der Waals surface area contributed by atoms with Gasteiger partial charge in [0.15, 0.2) is 0 Å². The highest BCUT2D eigenvalue weighted by Crippen LogP contribution is 2.52. The number of rotatable bonds is 5. The number of hydrogen-bond donors (Lipinski definition) is 0. The molecule has 0 radical (unpaired) electrons. The van der Waals surface area contributed by atoms with Crippen LogP contribution in [0.25, 0.3) is 66.1 Å². The van der Waals surface area contributed by atoms with Crippen LogP contribution in [0.1, 0.15) is 23.6 Å². The number of benzene rings is 8. The van der Waals surface area contributed by atoms with Gasteiger partial charge < -0.3 is 13.7 Å². The molecule has 3 nitrogen and oxygen atoms in total. The molecule has 0 aliphatic heterocycles. The Labute approximate surface area is 307 Å². The van der Waals surface area contributed by atoms with E-state index in [-0.39, 0.29) is 5.41 Å². The molecule has 2 aromatic heterocycles. The van der Waals surface area contributed by atoms with E-state index in [4.69, 9.17) is 8.83 Å². The van der Waals surface area contributed by atoms with Crippen LogP contribution in [0.3, 0.4) is 0 Å². The fourth-order valence-corrected chi connectivity index (χ4v) is 8.71. The molecule has 0 unspecified atom stereocenters. The molecule has 0 saturated carbocycles. The van der Waals surface area contributed by atoms with Gasteiger partial charge in [-0.3, -0.25) is 0 Å². The van der Waals surface area contributed by atoms with Crippen LogP contribution in [0.5, 0.6) is 0 Å². The number of fused-ring (bicyclic) bond motifs is 9. The molecule has 53 heavy (non-hydrogen) atoms. The fraction of sp³-hybridized carbons (Fsp3) is 0.0400.